The van der Waals surface area contributed by atoms with Crippen LogP contribution in [0.3, 0.4) is 0 Å². The van der Waals surface area contributed by atoms with Gasteiger partial charge >= 0.3 is 0 Å². The van der Waals surface area contributed by atoms with Gasteiger partial charge in [-0.3, -0.25) is 9.13 Å². The summed E-state index contributed by atoms with van der Waals surface area (Å²) in [4.78, 5) is 10.9. The van der Waals surface area contributed by atoms with Gasteiger partial charge in [0.2, 0.25) is 0 Å². The molecule has 0 unspecified atom stereocenters. The van der Waals surface area contributed by atoms with Crippen LogP contribution in [0.1, 0.15) is 0 Å². The number of benzene rings is 7. The second kappa shape index (κ2) is 7.96. The average molecular weight is 632 g/mol. The zero-order valence-corrected chi connectivity index (χ0v) is 26.5. The summed E-state index contributed by atoms with van der Waals surface area (Å²) < 4.78 is 7.61. The average Bonchev–Trinajstić information content (AvgIpc) is 3.98. The van der Waals surface area contributed by atoms with Gasteiger partial charge in [0.05, 0.1) is 50.0 Å². The number of imidazole rings is 2. The standard InChI is InChI=1S/C44H22BN5/c1-3-11-23(12-4-1)43-46-31-21-9-19-29-38(31)49(43)41-33-27-17-7-15-25-26-16-8-18-28-34(40(33)48(36(25)27)37(26)28)42-35(41)45(29)30-20-10-22-32-39(30)50(42)44(47-32)24-13-5-2-6-14-24/h1-22H. The minimum atomic E-state index is 0.0169. The predicted molar refractivity (Wildman–Crippen MR) is 206 cm³/mol. The van der Waals surface area contributed by atoms with E-state index in [1.54, 1.807) is 0 Å². The molecular formula is C44H22BN5. The van der Waals surface area contributed by atoms with E-state index in [0.717, 1.165) is 33.8 Å². The van der Waals surface area contributed by atoms with E-state index in [-0.39, 0.29) is 6.71 Å². The lowest BCUT2D eigenvalue weighted by molar-refractivity contribution is 1.09. The lowest BCUT2D eigenvalue weighted by Crippen LogP contribution is -2.59. The quantitative estimate of drug-likeness (QED) is 0.181. The van der Waals surface area contributed by atoms with E-state index in [9.17, 15) is 0 Å². The van der Waals surface area contributed by atoms with Gasteiger partial charge in [0.1, 0.15) is 11.6 Å². The maximum absolute atomic E-state index is 5.44. The summed E-state index contributed by atoms with van der Waals surface area (Å²) in [6.45, 7) is 0.0169. The highest BCUT2D eigenvalue weighted by Crippen LogP contribution is 2.52. The molecule has 0 atom stereocenters. The van der Waals surface area contributed by atoms with Crippen molar-refractivity contribution in [3.8, 4) is 34.2 Å². The number of fused-ring (bicyclic) bond motifs is 9. The third kappa shape index (κ3) is 2.46. The first-order chi connectivity index (χ1) is 24.9. The molecule has 5 aromatic heterocycles. The summed E-state index contributed by atoms with van der Waals surface area (Å²) in [6.07, 6.45) is 0. The zero-order valence-electron chi connectivity index (χ0n) is 26.5. The first kappa shape index (κ1) is 24.5. The van der Waals surface area contributed by atoms with Gasteiger partial charge in [0.15, 0.2) is 0 Å². The van der Waals surface area contributed by atoms with Gasteiger partial charge in [-0.1, -0.05) is 121 Å². The number of para-hydroxylation sites is 4. The van der Waals surface area contributed by atoms with Gasteiger partial charge in [-0.25, -0.2) is 9.97 Å². The first-order valence-electron chi connectivity index (χ1n) is 17.3. The zero-order chi connectivity index (χ0) is 32.0. The van der Waals surface area contributed by atoms with Gasteiger partial charge in [-0.2, -0.15) is 0 Å². The highest BCUT2D eigenvalue weighted by Gasteiger charge is 2.45. The molecule has 6 heteroatoms. The summed E-state index contributed by atoms with van der Waals surface area (Å²) in [5, 5.41) is 7.86. The minimum Gasteiger partial charge on any atom is -0.307 e. The van der Waals surface area contributed by atoms with E-state index >= 15 is 0 Å². The van der Waals surface area contributed by atoms with Crippen molar-refractivity contribution < 1.29 is 0 Å². The van der Waals surface area contributed by atoms with Crippen LogP contribution >= 0.6 is 0 Å². The Bertz CT molecular complexity index is 3200. The van der Waals surface area contributed by atoms with Gasteiger partial charge in [0, 0.05) is 43.4 Å². The van der Waals surface area contributed by atoms with Crippen LogP contribution in [0, 0.1) is 0 Å². The molecule has 7 heterocycles. The van der Waals surface area contributed by atoms with Crippen LogP contribution < -0.4 is 16.4 Å². The van der Waals surface area contributed by atoms with Crippen molar-refractivity contribution in [2.24, 2.45) is 0 Å². The number of aromatic nitrogens is 5. The molecule has 226 valence electrons. The van der Waals surface area contributed by atoms with Crippen molar-refractivity contribution in [3.63, 3.8) is 0 Å². The van der Waals surface area contributed by atoms with Crippen LogP contribution in [0.4, 0.5) is 0 Å². The Balaban J connectivity index is 1.33. The van der Waals surface area contributed by atoms with Crippen LogP contribution in [-0.2, 0) is 0 Å². The molecule has 0 bridgehead atoms. The number of rotatable bonds is 2. The van der Waals surface area contributed by atoms with Crippen LogP contribution in [0.15, 0.2) is 133 Å². The highest BCUT2D eigenvalue weighted by molar-refractivity contribution is 7.00. The predicted octanol–water partition coefficient (Wildman–Crippen LogP) is 8.02. The molecule has 0 spiro atoms. The summed E-state index contributed by atoms with van der Waals surface area (Å²) in [6, 6.07) is 48.7. The van der Waals surface area contributed by atoms with Crippen LogP contribution in [-0.4, -0.2) is 30.2 Å². The SMILES string of the molecule is c1ccc(-c2nc3cccc4c3n2-c2c3c(c5c6cccc7c8cccc9c2c5n(c89)c76)-n2c(-c5ccccc5)nc5cccc(c52)B34)cc1. The Labute approximate surface area is 284 Å². The minimum absolute atomic E-state index is 0.0169. The largest absolute Gasteiger partial charge is 0.307 e. The van der Waals surface area contributed by atoms with Crippen molar-refractivity contribution in [3.05, 3.63) is 133 Å². The third-order valence-corrected chi connectivity index (χ3v) is 11.9. The lowest BCUT2D eigenvalue weighted by Gasteiger charge is -2.34. The van der Waals surface area contributed by atoms with Gasteiger partial charge < -0.3 is 4.40 Å². The van der Waals surface area contributed by atoms with Gasteiger partial charge in [-0.15, -0.1) is 0 Å². The van der Waals surface area contributed by atoms with E-state index in [1.165, 1.54) is 87.7 Å². The molecule has 14 rings (SSSR count). The molecular weight excluding hydrogens is 609 g/mol. The monoisotopic (exact) mass is 631 g/mol. The Kier molecular flexibility index (Phi) is 3.90. The van der Waals surface area contributed by atoms with Crippen LogP contribution in [0.2, 0.25) is 0 Å². The Morgan fingerprint density at radius 3 is 1.36 bits per heavy atom. The lowest BCUT2D eigenvalue weighted by atomic mass is 9.34. The Hall–Kier alpha value is -6.66. The molecule has 0 saturated carbocycles. The van der Waals surface area contributed by atoms with E-state index in [2.05, 4.69) is 147 Å². The van der Waals surface area contributed by atoms with Gasteiger partial charge in [0.25, 0.3) is 6.71 Å². The molecule has 0 saturated heterocycles. The fourth-order valence-electron chi connectivity index (χ4n) is 10.2. The topological polar surface area (TPSA) is 40.0 Å². The fraction of sp³-hybridized carbons (Fsp3) is 0. The normalized spacial score (nSPS) is 13.6. The maximum atomic E-state index is 5.44. The van der Waals surface area contributed by atoms with Crippen LogP contribution in [0.5, 0.6) is 0 Å². The molecule has 0 fully saturated rings. The first-order valence-corrected chi connectivity index (χ1v) is 17.3. The summed E-state index contributed by atoms with van der Waals surface area (Å²) in [7, 11) is 0. The molecule has 2 aliphatic rings. The van der Waals surface area contributed by atoms with Crippen molar-refractivity contribution in [2.75, 3.05) is 0 Å². The second-order valence-corrected chi connectivity index (χ2v) is 14.1. The summed E-state index contributed by atoms with van der Waals surface area (Å²) in [5.41, 5.74) is 17.0. The molecule has 0 aliphatic carbocycles. The molecule has 2 aliphatic heterocycles. The smallest absolute Gasteiger partial charge is 0.252 e. The molecule has 5 nitrogen and oxygen atoms in total. The van der Waals surface area contributed by atoms with E-state index in [0.29, 0.717) is 0 Å². The summed E-state index contributed by atoms with van der Waals surface area (Å²) in [5.74, 6) is 1.96. The Morgan fingerprint density at radius 2 is 0.860 bits per heavy atom. The number of hydrogen-bond donors (Lipinski definition) is 0. The third-order valence-electron chi connectivity index (χ3n) is 11.9. The summed E-state index contributed by atoms with van der Waals surface area (Å²) >= 11 is 0. The van der Waals surface area contributed by atoms with Crippen molar-refractivity contribution in [1.82, 2.24) is 23.5 Å². The Morgan fingerprint density at radius 1 is 0.400 bits per heavy atom. The van der Waals surface area contributed by atoms with Crippen LogP contribution in [0.25, 0.3) is 105 Å². The van der Waals surface area contributed by atoms with Crippen molar-refractivity contribution in [2.45, 2.75) is 0 Å². The maximum Gasteiger partial charge on any atom is 0.252 e. The molecule has 0 amide bonds. The van der Waals surface area contributed by atoms with Crippen molar-refractivity contribution in [1.29, 1.82) is 0 Å². The second-order valence-electron chi connectivity index (χ2n) is 14.1. The van der Waals surface area contributed by atoms with E-state index < -0.39 is 0 Å². The molecule has 12 aromatic rings. The molecule has 0 radical (unpaired) electrons. The fourth-order valence-corrected chi connectivity index (χ4v) is 10.2. The molecule has 0 N–H and O–H groups in total. The van der Waals surface area contributed by atoms with Gasteiger partial charge in [-0.05, 0) is 28.5 Å². The molecule has 7 aromatic carbocycles. The number of nitrogens with zero attached hydrogens (tertiary/aromatic N) is 5. The van der Waals surface area contributed by atoms with E-state index in [4.69, 9.17) is 9.97 Å². The highest BCUT2D eigenvalue weighted by atomic mass is 15.1. The van der Waals surface area contributed by atoms with E-state index in [1.807, 2.05) is 0 Å². The number of hydrogen-bond acceptors (Lipinski definition) is 2. The molecule has 50 heavy (non-hydrogen) atoms. The van der Waals surface area contributed by atoms with Crippen molar-refractivity contribution >= 4 is 94.0 Å².